The number of nitrogens with one attached hydrogen (secondary N) is 1. The molecule has 0 radical (unpaired) electrons. The Balaban J connectivity index is 1.11. The van der Waals surface area contributed by atoms with Crippen molar-refractivity contribution in [2.45, 2.75) is 87.7 Å². The van der Waals surface area contributed by atoms with Crippen LogP contribution in [0.15, 0.2) is 54.9 Å². The average molecular weight is 719 g/mol. The topological polar surface area (TPSA) is 165 Å². The van der Waals surface area contributed by atoms with Crippen LogP contribution in [0, 0.1) is 0 Å². The van der Waals surface area contributed by atoms with Crippen molar-refractivity contribution in [2.24, 2.45) is 0 Å². The predicted octanol–water partition coefficient (Wildman–Crippen LogP) is 4.20. The zero-order chi connectivity index (χ0) is 35.1. The molecule has 0 spiro atoms. The summed E-state index contributed by atoms with van der Waals surface area (Å²) in [6, 6.07) is 13.4. The van der Waals surface area contributed by atoms with Crippen molar-refractivity contribution in [3.8, 4) is 16.9 Å². The highest BCUT2D eigenvalue weighted by molar-refractivity contribution is 6.34. The molecule has 6 N–H and O–H groups in total. The van der Waals surface area contributed by atoms with E-state index in [0.717, 1.165) is 65.7 Å². The Labute approximate surface area is 296 Å². The number of rotatable bonds is 18. The average Bonchev–Trinajstić information content (AvgIpc) is 4.06. The predicted molar refractivity (Wildman–Crippen MR) is 186 cm³/mol. The number of amides is 2. The number of pyridine rings is 1. The second-order valence-electron chi connectivity index (χ2n) is 12.9. The first-order valence-electron chi connectivity index (χ1n) is 16.7. The third-order valence-corrected chi connectivity index (χ3v) is 9.76. The van der Waals surface area contributed by atoms with Gasteiger partial charge in [-0.15, -0.1) is 0 Å². The Morgan fingerprint density at radius 1 is 1.00 bits per heavy atom. The van der Waals surface area contributed by atoms with Crippen LogP contribution in [0.25, 0.3) is 11.1 Å². The van der Waals surface area contributed by atoms with E-state index in [4.69, 9.17) is 37.8 Å². The van der Waals surface area contributed by atoms with Crippen molar-refractivity contribution < 1.29 is 39.8 Å². The number of aryl methyl sites for hydroxylation is 1. The van der Waals surface area contributed by atoms with Gasteiger partial charge < -0.3 is 45.2 Å². The van der Waals surface area contributed by atoms with E-state index >= 15 is 0 Å². The van der Waals surface area contributed by atoms with Crippen molar-refractivity contribution >= 4 is 29.2 Å². The van der Waals surface area contributed by atoms with Crippen LogP contribution in [0.3, 0.4) is 0 Å². The number of aliphatic hydroxyl groups is 5. The molecule has 49 heavy (non-hydrogen) atoms. The summed E-state index contributed by atoms with van der Waals surface area (Å²) in [6.45, 7) is -0.419. The van der Waals surface area contributed by atoms with Gasteiger partial charge in [-0.1, -0.05) is 41.4 Å². The molecule has 3 aromatic rings. The van der Waals surface area contributed by atoms with Crippen molar-refractivity contribution in [3.63, 3.8) is 0 Å². The first-order chi connectivity index (χ1) is 23.5. The third-order valence-electron chi connectivity index (χ3n) is 9.05. The summed E-state index contributed by atoms with van der Waals surface area (Å²) in [7, 11) is 1.60. The van der Waals surface area contributed by atoms with Crippen LogP contribution in [-0.2, 0) is 23.4 Å². The molecule has 4 atom stereocenters. The largest absolute Gasteiger partial charge is 0.490 e. The van der Waals surface area contributed by atoms with Crippen molar-refractivity contribution in [1.82, 2.24) is 15.2 Å². The Morgan fingerprint density at radius 3 is 2.41 bits per heavy atom. The number of benzene rings is 2. The number of halogens is 2. The summed E-state index contributed by atoms with van der Waals surface area (Å²) in [5.74, 6) is 0.874. The highest BCUT2D eigenvalue weighted by Crippen LogP contribution is 2.53. The molecule has 266 valence electrons. The molecule has 0 aliphatic heterocycles. The van der Waals surface area contributed by atoms with Crippen molar-refractivity contribution in [3.05, 3.63) is 81.6 Å². The fourth-order valence-electron chi connectivity index (χ4n) is 5.68. The quantitative estimate of drug-likeness (QED) is 0.106. The smallest absolute Gasteiger partial charge is 0.317 e. The van der Waals surface area contributed by atoms with Gasteiger partial charge in [0.05, 0.1) is 31.0 Å². The van der Waals surface area contributed by atoms with E-state index in [-0.39, 0.29) is 12.6 Å². The van der Waals surface area contributed by atoms with E-state index in [1.165, 1.54) is 4.90 Å². The summed E-state index contributed by atoms with van der Waals surface area (Å²) in [5.41, 5.74) is 4.34. The molecule has 2 aliphatic rings. The minimum absolute atomic E-state index is 0.284. The lowest BCUT2D eigenvalue weighted by Gasteiger charge is -2.26. The number of nitrogens with zero attached hydrogens (tertiary/aromatic N) is 2. The molecular formula is C36H45Cl2N3O8. The number of ether oxygens (including phenoxy) is 2. The van der Waals surface area contributed by atoms with Gasteiger partial charge in [0.25, 0.3) is 0 Å². The Kier molecular flexibility index (Phi) is 12.8. The van der Waals surface area contributed by atoms with E-state index in [1.54, 1.807) is 13.2 Å². The number of para-hydroxylation sites is 1. The minimum atomic E-state index is -1.76. The summed E-state index contributed by atoms with van der Waals surface area (Å²) in [4.78, 5) is 18.3. The zero-order valence-electron chi connectivity index (χ0n) is 27.5. The molecule has 2 amide bonds. The number of hydrogen-bond acceptors (Lipinski definition) is 9. The number of unbranched alkanes of at least 4 members (excludes halogenated alkanes) is 1. The normalized spacial score (nSPS) is 17.6. The molecule has 1 heterocycles. The van der Waals surface area contributed by atoms with E-state index in [0.29, 0.717) is 36.0 Å². The van der Waals surface area contributed by atoms with Crippen LogP contribution < -0.4 is 10.1 Å². The number of hydrogen-bond donors (Lipinski definition) is 6. The molecular weight excluding hydrogens is 673 g/mol. The van der Waals surface area contributed by atoms with Crippen LogP contribution in [0.5, 0.6) is 5.75 Å². The fourth-order valence-corrected chi connectivity index (χ4v) is 6.20. The lowest BCUT2D eigenvalue weighted by Crippen LogP contribution is -2.51. The Bertz CT molecular complexity index is 1570. The lowest BCUT2D eigenvalue weighted by molar-refractivity contribution is -0.113. The summed E-state index contributed by atoms with van der Waals surface area (Å²) < 4.78 is 12.8. The molecule has 2 aromatic carbocycles. The maximum atomic E-state index is 12.4. The van der Waals surface area contributed by atoms with Gasteiger partial charge in [-0.2, -0.15) is 0 Å². The number of carbonyl (C=O) groups excluding carboxylic acids is 1. The van der Waals surface area contributed by atoms with Crippen molar-refractivity contribution in [1.29, 1.82) is 0 Å². The van der Waals surface area contributed by atoms with Crippen LogP contribution >= 0.6 is 23.2 Å². The first kappa shape index (κ1) is 37.3. The lowest BCUT2D eigenvalue weighted by atomic mass is 9.96. The zero-order valence-corrected chi connectivity index (χ0v) is 29.0. The summed E-state index contributed by atoms with van der Waals surface area (Å²) >= 11 is 13.4. The molecule has 13 heteroatoms. The second-order valence-corrected chi connectivity index (χ2v) is 13.7. The van der Waals surface area contributed by atoms with Gasteiger partial charge >= 0.3 is 6.03 Å². The highest BCUT2D eigenvalue weighted by atomic mass is 35.5. The molecule has 5 rings (SSSR count). The summed E-state index contributed by atoms with van der Waals surface area (Å²) in [5, 5.41) is 51.6. The number of urea groups is 1. The van der Waals surface area contributed by atoms with E-state index in [1.807, 2.05) is 42.6 Å². The van der Waals surface area contributed by atoms with Crippen LogP contribution in [0.4, 0.5) is 4.79 Å². The van der Waals surface area contributed by atoms with Gasteiger partial charge in [0.1, 0.15) is 24.1 Å². The number of aromatic nitrogens is 1. The van der Waals surface area contributed by atoms with Crippen LogP contribution in [0.2, 0.25) is 10.0 Å². The van der Waals surface area contributed by atoms with Gasteiger partial charge in [-0.3, -0.25) is 4.98 Å². The number of aliphatic hydroxyl groups excluding tert-OH is 5. The summed E-state index contributed by atoms with van der Waals surface area (Å²) in [6.07, 6.45) is 3.27. The van der Waals surface area contributed by atoms with Gasteiger partial charge in [0.15, 0.2) is 0 Å². The van der Waals surface area contributed by atoms with Gasteiger partial charge in [0, 0.05) is 53.7 Å². The molecule has 2 aliphatic carbocycles. The third kappa shape index (κ3) is 9.62. The molecule has 0 saturated heterocycles. The molecule has 2 fully saturated rings. The van der Waals surface area contributed by atoms with E-state index in [2.05, 4.69) is 16.4 Å². The first-order valence-corrected chi connectivity index (χ1v) is 17.4. The fraction of sp³-hybridized carbons (Fsp3) is 0.500. The molecule has 0 unspecified atom stereocenters. The molecule has 11 nitrogen and oxygen atoms in total. The molecule has 1 aromatic heterocycles. The van der Waals surface area contributed by atoms with Crippen LogP contribution in [-0.4, -0.2) is 98.7 Å². The SMILES string of the molecule is CN(CCCCc1cc(Cl)c(COC2(c3cnccc3-c3ccccc3OC3CC3)CC2)cc1Cl)C(=O)NC[C@H](O)[C@@H](O)[C@H](O)[C@H](O)CO. The van der Waals surface area contributed by atoms with E-state index < -0.39 is 42.7 Å². The van der Waals surface area contributed by atoms with E-state index in [9.17, 15) is 25.2 Å². The highest BCUT2D eigenvalue weighted by Gasteiger charge is 2.48. The maximum absolute atomic E-state index is 12.4. The standard InChI is InChI=1S/C36H45Cl2N3O8/c1-41(35(47)40-19-30(43)33(45)34(46)31(44)20-42)15-5-4-6-22-16-29(38)23(17-28(22)37)21-48-36(12-13-36)27-18-39-14-11-25(27)26-7-2-3-8-32(26)49-24-9-10-24/h2-3,7-8,11,14,16-18,24,30-31,33-34,42-46H,4-6,9-10,12-13,15,19-21H2,1H3,(H,40,47)/t30-,31+,33+,34+/m0/s1. The molecule has 2 saturated carbocycles. The van der Waals surface area contributed by atoms with Crippen LogP contribution in [0.1, 0.15) is 55.2 Å². The Hall–Kier alpha value is -3.00. The Morgan fingerprint density at radius 2 is 1.69 bits per heavy atom. The molecule has 0 bridgehead atoms. The number of carbonyl (C=O) groups is 1. The minimum Gasteiger partial charge on any atom is -0.490 e. The monoisotopic (exact) mass is 717 g/mol. The van der Waals surface area contributed by atoms with Gasteiger partial charge in [-0.25, -0.2) is 4.79 Å². The van der Waals surface area contributed by atoms with Crippen molar-refractivity contribution in [2.75, 3.05) is 26.7 Å². The maximum Gasteiger partial charge on any atom is 0.317 e. The second kappa shape index (κ2) is 16.8. The van der Waals surface area contributed by atoms with Gasteiger partial charge in [0.2, 0.25) is 0 Å². The van der Waals surface area contributed by atoms with Gasteiger partial charge in [-0.05, 0) is 85.9 Å².